The lowest BCUT2D eigenvalue weighted by Gasteiger charge is -2.15. The molecule has 1 aliphatic carbocycles. The molecule has 5 heteroatoms. The highest BCUT2D eigenvalue weighted by Gasteiger charge is 2.34. The highest BCUT2D eigenvalue weighted by Crippen LogP contribution is 2.32. The standard InChI is InChI=1S/C27H28N2O3/c30-25(29-23-15-8-6-11-19(23)20-12-7-9-16-24(20)29)17-3-1-2-10-18-28-26(31)21-13-4-5-14-22(21)27(28)32/h4-6,8,11,13-15H,1-3,7,9-10,12,16-18H2. The number of carbonyl (C=O) groups excluding carboxylic acids is 3. The van der Waals surface area contributed by atoms with Crippen molar-refractivity contribution in [2.45, 2.75) is 57.8 Å². The van der Waals surface area contributed by atoms with Crippen molar-refractivity contribution in [3.63, 3.8) is 0 Å². The number of unbranched alkanes of at least 4 members (excludes halogenated alkanes) is 3. The summed E-state index contributed by atoms with van der Waals surface area (Å²) < 4.78 is 1.97. The van der Waals surface area contributed by atoms with Crippen LogP contribution in [0.1, 0.15) is 81.7 Å². The smallest absolute Gasteiger partial charge is 0.261 e. The summed E-state index contributed by atoms with van der Waals surface area (Å²) in [6.07, 6.45) is 8.31. The van der Waals surface area contributed by atoms with E-state index >= 15 is 0 Å². The second-order valence-electron chi connectivity index (χ2n) is 8.85. The summed E-state index contributed by atoms with van der Waals surface area (Å²) in [6, 6.07) is 15.3. The number of imide groups is 1. The van der Waals surface area contributed by atoms with Crippen LogP contribution in [0.3, 0.4) is 0 Å². The van der Waals surface area contributed by atoms with Crippen molar-refractivity contribution in [3.05, 3.63) is 70.9 Å². The number of hydrogen-bond donors (Lipinski definition) is 0. The number of amides is 2. The SMILES string of the molecule is O=C1c2ccccc2C(=O)N1CCCCCCC(=O)n1c2c(c3ccccc31)CCCC2. The molecular formula is C27H28N2O3. The highest BCUT2D eigenvalue weighted by molar-refractivity contribution is 6.21. The van der Waals surface area contributed by atoms with Crippen LogP contribution in [-0.2, 0) is 12.8 Å². The van der Waals surface area contributed by atoms with Crippen LogP contribution in [0.25, 0.3) is 10.9 Å². The number of benzene rings is 2. The number of aromatic nitrogens is 1. The quantitative estimate of drug-likeness (QED) is 0.374. The summed E-state index contributed by atoms with van der Waals surface area (Å²) in [5.74, 6) is -0.195. The van der Waals surface area contributed by atoms with E-state index in [1.54, 1.807) is 24.3 Å². The summed E-state index contributed by atoms with van der Waals surface area (Å²) >= 11 is 0. The normalized spacial score (nSPS) is 15.3. The lowest BCUT2D eigenvalue weighted by atomic mass is 9.95. The van der Waals surface area contributed by atoms with Crippen molar-refractivity contribution in [1.82, 2.24) is 9.47 Å². The van der Waals surface area contributed by atoms with Crippen molar-refractivity contribution in [3.8, 4) is 0 Å². The largest absolute Gasteiger partial charge is 0.284 e. The Morgan fingerprint density at radius 3 is 2.22 bits per heavy atom. The van der Waals surface area contributed by atoms with Gasteiger partial charge in [-0.3, -0.25) is 23.9 Å². The molecule has 0 saturated carbocycles. The van der Waals surface area contributed by atoms with Gasteiger partial charge in [-0.15, -0.1) is 0 Å². The number of aryl methyl sites for hydroxylation is 1. The molecule has 1 aromatic heterocycles. The zero-order valence-electron chi connectivity index (χ0n) is 18.3. The maximum atomic E-state index is 13.1. The summed E-state index contributed by atoms with van der Waals surface area (Å²) in [4.78, 5) is 39.3. The molecule has 0 unspecified atom stereocenters. The van der Waals surface area contributed by atoms with Crippen molar-refractivity contribution < 1.29 is 14.4 Å². The van der Waals surface area contributed by atoms with Gasteiger partial charge in [-0.25, -0.2) is 0 Å². The minimum Gasteiger partial charge on any atom is -0.284 e. The Balaban J connectivity index is 1.14. The molecule has 2 heterocycles. The van der Waals surface area contributed by atoms with Crippen LogP contribution >= 0.6 is 0 Å². The molecule has 32 heavy (non-hydrogen) atoms. The molecule has 0 saturated heterocycles. The Kier molecular flexibility index (Phi) is 5.64. The fourth-order valence-electron chi connectivity index (χ4n) is 5.23. The first kappa shape index (κ1) is 20.7. The van der Waals surface area contributed by atoms with Gasteiger partial charge in [0.15, 0.2) is 0 Å². The molecule has 3 aromatic rings. The number of para-hydroxylation sites is 1. The van der Waals surface area contributed by atoms with Gasteiger partial charge in [-0.1, -0.05) is 43.2 Å². The molecule has 164 valence electrons. The van der Waals surface area contributed by atoms with Gasteiger partial charge in [-0.05, 0) is 62.3 Å². The van der Waals surface area contributed by atoms with Crippen molar-refractivity contribution in [2.24, 2.45) is 0 Å². The summed E-state index contributed by atoms with van der Waals surface area (Å²) in [7, 11) is 0. The van der Waals surface area contributed by atoms with E-state index in [1.807, 2.05) is 10.6 Å². The van der Waals surface area contributed by atoms with E-state index in [0.717, 1.165) is 50.5 Å². The third-order valence-electron chi connectivity index (χ3n) is 6.83. The van der Waals surface area contributed by atoms with Gasteiger partial charge in [0.1, 0.15) is 0 Å². The van der Waals surface area contributed by atoms with Crippen LogP contribution in [0, 0.1) is 0 Å². The fourth-order valence-corrected chi connectivity index (χ4v) is 5.23. The Morgan fingerprint density at radius 2 is 1.44 bits per heavy atom. The lowest BCUT2D eigenvalue weighted by Crippen LogP contribution is -2.30. The average Bonchev–Trinajstić information content (AvgIpc) is 3.29. The summed E-state index contributed by atoms with van der Waals surface area (Å²) in [6.45, 7) is 0.441. The van der Waals surface area contributed by atoms with Crippen LogP contribution in [0.2, 0.25) is 0 Å². The van der Waals surface area contributed by atoms with E-state index in [-0.39, 0.29) is 17.7 Å². The fraction of sp³-hybridized carbons (Fsp3) is 0.370. The third-order valence-corrected chi connectivity index (χ3v) is 6.83. The van der Waals surface area contributed by atoms with E-state index in [2.05, 4.69) is 18.2 Å². The summed E-state index contributed by atoms with van der Waals surface area (Å²) in [5.41, 5.74) is 4.64. The van der Waals surface area contributed by atoms with E-state index in [0.29, 0.717) is 24.1 Å². The third kappa shape index (κ3) is 3.56. The molecule has 5 nitrogen and oxygen atoms in total. The maximum absolute atomic E-state index is 13.1. The lowest BCUT2D eigenvalue weighted by molar-refractivity contribution is 0.0651. The zero-order valence-corrected chi connectivity index (χ0v) is 18.3. The first-order valence-corrected chi connectivity index (χ1v) is 11.8. The monoisotopic (exact) mass is 428 g/mol. The molecule has 0 radical (unpaired) electrons. The van der Waals surface area contributed by atoms with Crippen LogP contribution in [-0.4, -0.2) is 33.7 Å². The Hall–Kier alpha value is -3.21. The van der Waals surface area contributed by atoms with E-state index in [4.69, 9.17) is 0 Å². The van der Waals surface area contributed by atoms with Gasteiger partial charge >= 0.3 is 0 Å². The predicted octanol–water partition coefficient (Wildman–Crippen LogP) is 5.41. The van der Waals surface area contributed by atoms with Crippen LogP contribution in [0.15, 0.2) is 48.5 Å². The average molecular weight is 429 g/mol. The topological polar surface area (TPSA) is 59.4 Å². The van der Waals surface area contributed by atoms with Gasteiger partial charge in [0.2, 0.25) is 5.91 Å². The van der Waals surface area contributed by atoms with Crippen molar-refractivity contribution in [1.29, 1.82) is 0 Å². The molecule has 0 bridgehead atoms. The minimum absolute atomic E-state index is 0.185. The first-order valence-electron chi connectivity index (χ1n) is 11.8. The number of fused-ring (bicyclic) bond motifs is 4. The van der Waals surface area contributed by atoms with Crippen LogP contribution < -0.4 is 0 Å². The zero-order chi connectivity index (χ0) is 22.1. The Labute approximate surface area is 188 Å². The molecule has 0 atom stereocenters. The van der Waals surface area contributed by atoms with Gasteiger partial charge < -0.3 is 0 Å². The molecule has 0 N–H and O–H groups in total. The van der Waals surface area contributed by atoms with E-state index < -0.39 is 0 Å². The Morgan fingerprint density at radius 1 is 0.781 bits per heavy atom. The van der Waals surface area contributed by atoms with Crippen molar-refractivity contribution >= 4 is 28.6 Å². The first-order chi connectivity index (χ1) is 15.7. The number of rotatable bonds is 7. The molecule has 5 rings (SSSR count). The van der Waals surface area contributed by atoms with Gasteiger partial charge in [0.25, 0.3) is 11.8 Å². The molecule has 2 aliphatic rings. The van der Waals surface area contributed by atoms with Gasteiger partial charge in [0, 0.05) is 24.0 Å². The summed E-state index contributed by atoms with van der Waals surface area (Å²) in [5, 5.41) is 1.23. The maximum Gasteiger partial charge on any atom is 0.261 e. The van der Waals surface area contributed by atoms with Crippen LogP contribution in [0.4, 0.5) is 0 Å². The number of carbonyl (C=O) groups is 3. The van der Waals surface area contributed by atoms with Crippen molar-refractivity contribution in [2.75, 3.05) is 6.54 Å². The molecule has 1 aliphatic heterocycles. The second-order valence-corrected chi connectivity index (χ2v) is 8.85. The molecule has 0 fully saturated rings. The highest BCUT2D eigenvalue weighted by atomic mass is 16.2. The van der Waals surface area contributed by atoms with E-state index in [9.17, 15) is 14.4 Å². The Bertz CT molecular complexity index is 1170. The van der Waals surface area contributed by atoms with Gasteiger partial charge in [0.05, 0.1) is 16.6 Å². The predicted molar refractivity (Wildman–Crippen MR) is 124 cm³/mol. The number of hydrogen-bond acceptors (Lipinski definition) is 3. The van der Waals surface area contributed by atoms with Crippen LogP contribution in [0.5, 0.6) is 0 Å². The molecule has 2 amide bonds. The minimum atomic E-state index is -0.190. The molecular weight excluding hydrogens is 400 g/mol. The van der Waals surface area contributed by atoms with E-state index in [1.165, 1.54) is 28.0 Å². The molecule has 2 aromatic carbocycles. The van der Waals surface area contributed by atoms with Gasteiger partial charge in [-0.2, -0.15) is 0 Å². The second kappa shape index (κ2) is 8.73. The number of nitrogens with zero attached hydrogens (tertiary/aromatic N) is 2. The molecule has 0 spiro atoms.